The lowest BCUT2D eigenvalue weighted by Gasteiger charge is -2.26. The van der Waals surface area contributed by atoms with E-state index >= 15 is 0 Å². The highest BCUT2D eigenvalue weighted by atomic mass is 32.2. The summed E-state index contributed by atoms with van der Waals surface area (Å²) in [7, 11) is 0.112. The van der Waals surface area contributed by atoms with Crippen molar-refractivity contribution in [3.8, 4) is 17.2 Å². The van der Waals surface area contributed by atoms with E-state index in [0.29, 0.717) is 100 Å². The summed E-state index contributed by atoms with van der Waals surface area (Å²) in [5.74, 6) is 1.07. The first-order valence-electron chi connectivity index (χ1n) is 27.6. The zero-order chi connectivity index (χ0) is 57.0. The quantitative estimate of drug-likeness (QED) is 0.0405. The van der Waals surface area contributed by atoms with E-state index in [4.69, 9.17) is 41.0 Å². The molecule has 2 atom stereocenters. The molecular weight excluding hydrogens is 1060 g/mol. The number of benzene rings is 5. The first-order chi connectivity index (χ1) is 39.3. The molecule has 5 aromatic rings. The fraction of sp³-hybridized carbons (Fsp3) is 0.403. The topological polar surface area (TPSA) is 205 Å². The molecule has 5 heterocycles. The molecule has 0 aliphatic carbocycles. The highest BCUT2D eigenvalue weighted by molar-refractivity contribution is 7.59. The molecule has 0 bridgehead atoms. The van der Waals surface area contributed by atoms with E-state index in [0.717, 1.165) is 81.9 Å². The number of amides is 4. The highest BCUT2D eigenvalue weighted by Crippen LogP contribution is 2.42. The first kappa shape index (κ1) is 58.0. The fourth-order valence-electron chi connectivity index (χ4n) is 11.5. The molecule has 0 fully saturated rings. The Morgan fingerprint density at radius 1 is 0.605 bits per heavy atom. The molecule has 5 aliphatic heterocycles. The number of ether oxygens (including phenoxy) is 6. The standard InChI is InChI=1S/C62H68N4O11.O3S/c1-41-30-52-44(16-18-48-34-46-10-4-6-14-54(46)65(48)61(52)70)36-56(41)76-39-42-31-43(40-77-58-37-45-17-19-49-35-47-11-5-7-15-55(47)66(49)62(71)53(45)38-57(58)73-3)33-50(32-42)63(24-25-74-28-29-75-27-26-72-2)22-8-12-51(67)13-9-23-64-59(68)20-21-60(64)69;1-4(2)3/h4-7,10-11,14-15,20-21,30-33,36-38,48-49H,8-9,12-13,16-19,22-29,34-35,39-40H2,1-3H3;/t48-,49-;/m1./s1. The lowest BCUT2D eigenvalue weighted by Crippen LogP contribution is -2.36. The second-order valence-corrected chi connectivity index (χ2v) is 21.1. The Labute approximate surface area is 473 Å². The number of imide groups is 1. The molecule has 5 aromatic carbocycles. The molecular formula is C62H68N4O14S. The Hall–Kier alpha value is -7.71. The average Bonchev–Trinajstić information content (AvgIpc) is 3.98. The van der Waals surface area contributed by atoms with Crippen LogP contribution >= 0.6 is 0 Å². The van der Waals surface area contributed by atoms with Crippen molar-refractivity contribution < 1.29 is 65.0 Å². The highest BCUT2D eigenvalue weighted by Gasteiger charge is 2.39. The van der Waals surface area contributed by atoms with Crippen LogP contribution in [0.4, 0.5) is 17.1 Å². The van der Waals surface area contributed by atoms with Gasteiger partial charge in [-0.1, -0.05) is 36.4 Å². The number of Topliss-reactive ketones (excluding diaryl/α,β-unsaturated/α-hetero) is 1. The molecule has 0 unspecified atom stereocenters. The number of methoxy groups -OCH3 is 2. The Bertz CT molecular complexity index is 3290. The van der Waals surface area contributed by atoms with E-state index in [2.05, 4.69) is 35.2 Å². The third-order valence-corrected chi connectivity index (χ3v) is 15.4. The van der Waals surface area contributed by atoms with Crippen molar-refractivity contribution in [3.63, 3.8) is 0 Å². The van der Waals surface area contributed by atoms with Crippen LogP contribution in [0.2, 0.25) is 0 Å². The van der Waals surface area contributed by atoms with Gasteiger partial charge in [0.25, 0.3) is 23.6 Å². The second-order valence-electron chi connectivity index (χ2n) is 20.7. The minimum absolute atomic E-state index is 0.0280. The Morgan fingerprint density at radius 3 is 1.73 bits per heavy atom. The van der Waals surface area contributed by atoms with Crippen LogP contribution in [0.15, 0.2) is 103 Å². The van der Waals surface area contributed by atoms with Crippen LogP contribution in [0.1, 0.15) is 98.2 Å². The summed E-state index contributed by atoms with van der Waals surface area (Å²) < 4.78 is 61.5. The molecule has 0 spiro atoms. The van der Waals surface area contributed by atoms with Crippen molar-refractivity contribution in [2.24, 2.45) is 0 Å². The minimum atomic E-state index is -3.11. The Balaban J connectivity index is 0.00000192. The summed E-state index contributed by atoms with van der Waals surface area (Å²) in [4.78, 5) is 73.2. The molecule has 5 aliphatic rings. The SMILES string of the molecule is COCCOCCOCCN(CCCC(=O)CCCN1C(=O)C=CC1=O)c1cc(COc2cc3c(cc2C)C(=O)N2c4ccccc4C[C@H]2CC3)cc(COc2cc3c(cc2OC)C(=O)N2c4ccccc4C[C@H]2CC3)c1.O=S(=O)=O. The third kappa shape index (κ3) is 14.1. The summed E-state index contributed by atoms with van der Waals surface area (Å²) >= 11 is 0. The van der Waals surface area contributed by atoms with Gasteiger partial charge in [0.2, 0.25) is 0 Å². The minimum Gasteiger partial charge on any atom is -0.493 e. The molecule has 0 saturated carbocycles. The molecule has 0 saturated heterocycles. The molecule has 10 rings (SSSR count). The predicted octanol–water partition coefficient (Wildman–Crippen LogP) is 7.73. The van der Waals surface area contributed by atoms with Crippen LogP contribution in [0.3, 0.4) is 0 Å². The smallest absolute Gasteiger partial charge is 0.425 e. The van der Waals surface area contributed by atoms with Gasteiger partial charge in [-0.2, -0.15) is 0 Å². The van der Waals surface area contributed by atoms with Crippen molar-refractivity contribution in [1.29, 1.82) is 0 Å². The second kappa shape index (κ2) is 27.2. The molecule has 426 valence electrons. The van der Waals surface area contributed by atoms with Crippen LogP contribution < -0.4 is 28.9 Å². The van der Waals surface area contributed by atoms with Gasteiger partial charge in [0.15, 0.2) is 11.5 Å². The van der Waals surface area contributed by atoms with Gasteiger partial charge in [0, 0.05) is 92.0 Å². The summed E-state index contributed by atoms with van der Waals surface area (Å²) in [6.07, 6.45) is 8.86. The Morgan fingerprint density at radius 2 is 1.14 bits per heavy atom. The summed E-state index contributed by atoms with van der Waals surface area (Å²) in [5, 5.41) is 0. The van der Waals surface area contributed by atoms with Crippen molar-refractivity contribution in [1.82, 2.24) is 4.90 Å². The number of fused-ring (bicyclic) bond motifs is 8. The third-order valence-electron chi connectivity index (χ3n) is 15.4. The van der Waals surface area contributed by atoms with Crippen LogP contribution in [0, 0.1) is 6.92 Å². The van der Waals surface area contributed by atoms with Crippen molar-refractivity contribution in [3.05, 3.63) is 153 Å². The lowest BCUT2D eigenvalue weighted by molar-refractivity contribution is -0.137. The largest absolute Gasteiger partial charge is 0.493 e. The molecule has 0 N–H and O–H groups in total. The monoisotopic (exact) mass is 1120 g/mol. The number of hydrogen-bond donors (Lipinski definition) is 0. The summed E-state index contributed by atoms with van der Waals surface area (Å²) in [5.41, 5.74) is 11.1. The van der Waals surface area contributed by atoms with Crippen molar-refractivity contribution in [2.45, 2.75) is 96.4 Å². The number of carbonyl (C=O) groups is 5. The number of rotatable bonds is 25. The van der Waals surface area contributed by atoms with Crippen LogP contribution in [0.25, 0.3) is 0 Å². The molecule has 0 aromatic heterocycles. The number of ketones is 1. The van der Waals surface area contributed by atoms with Crippen LogP contribution in [-0.2, 0) is 78.1 Å². The van der Waals surface area contributed by atoms with E-state index in [1.807, 2.05) is 77.4 Å². The zero-order valence-electron chi connectivity index (χ0n) is 46.0. The number of aryl methyl sites for hydroxylation is 3. The van der Waals surface area contributed by atoms with Gasteiger partial charge < -0.3 is 43.1 Å². The molecule has 18 nitrogen and oxygen atoms in total. The maximum atomic E-state index is 14.3. The number of para-hydroxylation sites is 2. The zero-order valence-corrected chi connectivity index (χ0v) is 46.8. The fourth-order valence-corrected chi connectivity index (χ4v) is 11.5. The van der Waals surface area contributed by atoms with Crippen molar-refractivity contribution >= 4 is 57.1 Å². The van der Waals surface area contributed by atoms with E-state index in [1.165, 1.54) is 23.3 Å². The van der Waals surface area contributed by atoms with Gasteiger partial charge in [-0.3, -0.25) is 28.9 Å². The number of nitrogens with zero attached hydrogens (tertiary/aromatic N) is 4. The van der Waals surface area contributed by atoms with Crippen LogP contribution in [-0.4, -0.2) is 126 Å². The maximum Gasteiger partial charge on any atom is 0.425 e. The van der Waals surface area contributed by atoms with Gasteiger partial charge in [-0.05, 0) is 152 Å². The molecule has 19 heteroatoms. The predicted molar refractivity (Wildman–Crippen MR) is 302 cm³/mol. The molecule has 81 heavy (non-hydrogen) atoms. The first-order valence-corrected chi connectivity index (χ1v) is 28.6. The van der Waals surface area contributed by atoms with Crippen molar-refractivity contribution in [2.75, 3.05) is 81.6 Å². The van der Waals surface area contributed by atoms with E-state index < -0.39 is 10.6 Å². The number of carbonyl (C=O) groups excluding carboxylic acids is 5. The average molecular weight is 1130 g/mol. The van der Waals surface area contributed by atoms with Gasteiger partial charge in [0.05, 0.1) is 40.1 Å². The van der Waals surface area contributed by atoms with Gasteiger partial charge in [-0.15, -0.1) is 12.6 Å². The molecule has 0 radical (unpaired) electrons. The summed E-state index contributed by atoms with van der Waals surface area (Å²) in [6.45, 7) is 5.82. The van der Waals surface area contributed by atoms with E-state index in [9.17, 15) is 24.0 Å². The maximum absolute atomic E-state index is 14.3. The molecule has 4 amide bonds. The lowest BCUT2D eigenvalue weighted by atomic mass is 9.98. The normalized spacial score (nSPS) is 16.6. The van der Waals surface area contributed by atoms with Gasteiger partial charge >= 0.3 is 10.6 Å². The van der Waals surface area contributed by atoms with Gasteiger partial charge in [0.1, 0.15) is 24.7 Å². The van der Waals surface area contributed by atoms with Crippen LogP contribution in [0.5, 0.6) is 17.2 Å². The Kier molecular flexibility index (Phi) is 19.4. The van der Waals surface area contributed by atoms with Gasteiger partial charge in [-0.25, -0.2) is 0 Å². The number of anilines is 3. The summed E-state index contributed by atoms with van der Waals surface area (Å²) in [6, 6.07) is 30.6. The number of hydrogen-bond acceptors (Lipinski definition) is 15. The van der Waals surface area contributed by atoms with E-state index in [1.54, 1.807) is 14.2 Å². The van der Waals surface area contributed by atoms with E-state index in [-0.39, 0.29) is 67.7 Å².